The molecular formula is C17H21ClN4O3. The fourth-order valence-electron chi connectivity index (χ4n) is 2.80. The fourth-order valence-corrected chi connectivity index (χ4v) is 2.98. The van der Waals surface area contributed by atoms with E-state index in [1.54, 1.807) is 24.4 Å². The molecule has 1 aromatic carbocycles. The molecule has 8 heteroatoms. The van der Waals surface area contributed by atoms with Crippen molar-refractivity contribution in [3.63, 3.8) is 0 Å². The van der Waals surface area contributed by atoms with Gasteiger partial charge in [-0.3, -0.25) is 14.5 Å². The number of halogens is 1. The molecule has 1 aliphatic rings. The summed E-state index contributed by atoms with van der Waals surface area (Å²) in [6, 6.07) is 5.23. The summed E-state index contributed by atoms with van der Waals surface area (Å²) in [6.45, 7) is 4.65. The highest BCUT2D eigenvalue weighted by Gasteiger charge is 2.14. The number of hydrogen-bond acceptors (Lipinski definition) is 5. The Morgan fingerprint density at radius 3 is 2.84 bits per heavy atom. The molecule has 0 atom stereocenters. The van der Waals surface area contributed by atoms with Gasteiger partial charge in [0.15, 0.2) is 0 Å². The molecule has 1 aliphatic heterocycles. The van der Waals surface area contributed by atoms with Crippen molar-refractivity contribution in [2.24, 2.45) is 0 Å². The summed E-state index contributed by atoms with van der Waals surface area (Å²) in [5.74, 6) is -0.332. The molecule has 3 rings (SSSR count). The molecule has 0 bridgehead atoms. The van der Waals surface area contributed by atoms with E-state index in [9.17, 15) is 9.59 Å². The minimum Gasteiger partial charge on any atom is -0.379 e. The molecule has 2 aromatic rings. The molecule has 1 saturated heterocycles. The highest BCUT2D eigenvalue weighted by molar-refractivity contribution is 6.31. The van der Waals surface area contributed by atoms with Gasteiger partial charge >= 0.3 is 0 Å². The van der Waals surface area contributed by atoms with E-state index >= 15 is 0 Å². The topological polar surface area (TPSA) is 76.5 Å². The minimum atomic E-state index is -0.208. The van der Waals surface area contributed by atoms with Crippen molar-refractivity contribution < 1.29 is 14.3 Å². The summed E-state index contributed by atoms with van der Waals surface area (Å²) in [5.41, 5.74) is 0.696. The Morgan fingerprint density at radius 1 is 1.24 bits per heavy atom. The van der Waals surface area contributed by atoms with Crippen molar-refractivity contribution in [3.05, 3.63) is 29.4 Å². The van der Waals surface area contributed by atoms with Gasteiger partial charge in [-0.25, -0.2) is 4.68 Å². The van der Waals surface area contributed by atoms with Crippen molar-refractivity contribution >= 4 is 34.3 Å². The Hall–Kier alpha value is -1.96. The summed E-state index contributed by atoms with van der Waals surface area (Å²) < 4.78 is 6.61. The minimum absolute atomic E-state index is 0.114. The summed E-state index contributed by atoms with van der Waals surface area (Å²) in [7, 11) is 0. The first-order valence-corrected chi connectivity index (χ1v) is 8.74. The summed E-state index contributed by atoms with van der Waals surface area (Å²) in [5, 5.41) is 8.35. The lowest BCUT2D eigenvalue weighted by molar-refractivity contribution is -0.121. The summed E-state index contributed by atoms with van der Waals surface area (Å²) in [4.78, 5) is 26.5. The molecule has 1 amide bonds. The highest BCUT2D eigenvalue weighted by Crippen LogP contribution is 2.19. The number of carbonyl (C=O) groups excluding carboxylic acids is 2. The van der Waals surface area contributed by atoms with E-state index < -0.39 is 0 Å². The predicted octanol–water partition coefficient (Wildman–Crippen LogP) is 1.56. The number of carbonyl (C=O) groups is 2. The number of benzene rings is 1. The average molecular weight is 365 g/mol. The maximum atomic E-state index is 12.3. The number of hydrogen-bond donors (Lipinski definition) is 1. The largest absolute Gasteiger partial charge is 0.379 e. The van der Waals surface area contributed by atoms with Gasteiger partial charge in [0.2, 0.25) is 11.8 Å². The van der Waals surface area contributed by atoms with Crippen LogP contribution in [0.3, 0.4) is 0 Å². The van der Waals surface area contributed by atoms with Crippen LogP contribution >= 0.6 is 11.6 Å². The molecule has 0 aliphatic carbocycles. The molecule has 1 N–H and O–H groups in total. The molecule has 134 valence electrons. The van der Waals surface area contributed by atoms with E-state index in [-0.39, 0.29) is 24.7 Å². The van der Waals surface area contributed by atoms with Crippen molar-refractivity contribution in [2.75, 3.05) is 39.4 Å². The second kappa shape index (κ2) is 8.42. The molecule has 0 unspecified atom stereocenters. The zero-order valence-electron chi connectivity index (χ0n) is 13.9. The maximum absolute atomic E-state index is 12.3. The van der Waals surface area contributed by atoms with Gasteiger partial charge < -0.3 is 10.1 Å². The summed E-state index contributed by atoms with van der Waals surface area (Å²) >= 11 is 5.93. The molecule has 1 fully saturated rings. The molecule has 7 nitrogen and oxygen atoms in total. The van der Waals surface area contributed by atoms with Crippen molar-refractivity contribution in [1.29, 1.82) is 0 Å². The van der Waals surface area contributed by atoms with E-state index in [1.807, 2.05) is 0 Å². The van der Waals surface area contributed by atoms with Crippen LogP contribution < -0.4 is 5.32 Å². The third-order valence-corrected chi connectivity index (χ3v) is 4.42. The zero-order valence-corrected chi connectivity index (χ0v) is 14.7. The van der Waals surface area contributed by atoms with Crippen LogP contribution in [0.15, 0.2) is 24.4 Å². The number of rotatable bonds is 6. The number of morpholine rings is 1. The molecule has 1 aromatic heterocycles. The van der Waals surface area contributed by atoms with Crippen LogP contribution in [0.1, 0.15) is 17.6 Å². The predicted molar refractivity (Wildman–Crippen MR) is 94.9 cm³/mol. The maximum Gasteiger partial charge on any atom is 0.247 e. The Morgan fingerprint density at radius 2 is 2.04 bits per heavy atom. The zero-order chi connectivity index (χ0) is 17.6. The number of nitrogens with one attached hydrogen (secondary N) is 1. The van der Waals surface area contributed by atoms with Gasteiger partial charge in [-0.15, -0.1) is 0 Å². The van der Waals surface area contributed by atoms with Crippen molar-refractivity contribution in [2.45, 2.75) is 12.8 Å². The Bertz CT molecular complexity index is 755. The van der Waals surface area contributed by atoms with Gasteiger partial charge in [0.05, 0.1) is 24.9 Å². The first-order chi connectivity index (χ1) is 12.1. The third kappa shape index (κ3) is 4.78. The van der Waals surface area contributed by atoms with Gasteiger partial charge in [0.1, 0.15) is 0 Å². The Labute approximate surface area is 150 Å². The number of nitrogens with zero attached hydrogens (tertiary/aromatic N) is 3. The molecule has 2 heterocycles. The smallest absolute Gasteiger partial charge is 0.247 e. The van der Waals surface area contributed by atoms with E-state index in [0.29, 0.717) is 17.1 Å². The van der Waals surface area contributed by atoms with Crippen LogP contribution in [-0.4, -0.2) is 65.9 Å². The second-order valence-corrected chi connectivity index (χ2v) is 6.39. The Kier molecular flexibility index (Phi) is 6.01. The molecule has 25 heavy (non-hydrogen) atoms. The van der Waals surface area contributed by atoms with Crippen LogP contribution in [0.2, 0.25) is 5.02 Å². The van der Waals surface area contributed by atoms with Gasteiger partial charge in [-0.2, -0.15) is 5.10 Å². The quantitative estimate of drug-likeness (QED) is 0.841. The van der Waals surface area contributed by atoms with Gasteiger partial charge in [0, 0.05) is 49.4 Å². The first-order valence-electron chi connectivity index (χ1n) is 8.37. The average Bonchev–Trinajstić information content (AvgIpc) is 3.03. The number of ether oxygens (including phenoxy) is 1. The van der Waals surface area contributed by atoms with Crippen LogP contribution in [0.25, 0.3) is 10.9 Å². The van der Waals surface area contributed by atoms with E-state index in [0.717, 1.165) is 38.2 Å². The molecule has 0 saturated carbocycles. The standard InChI is InChI=1S/C17H21ClN4O3/c18-14-1-2-15-13(11-14)12-20-22(15)17(24)4-3-16(23)19-5-6-21-7-9-25-10-8-21/h1-2,11-12H,3-10H2,(H,19,23). The van der Waals surface area contributed by atoms with Gasteiger partial charge in [-0.05, 0) is 18.2 Å². The lowest BCUT2D eigenvalue weighted by atomic mass is 10.2. The van der Waals surface area contributed by atoms with Crippen molar-refractivity contribution in [1.82, 2.24) is 20.0 Å². The van der Waals surface area contributed by atoms with Crippen LogP contribution in [-0.2, 0) is 9.53 Å². The first kappa shape index (κ1) is 17.8. The number of amides is 1. The second-order valence-electron chi connectivity index (χ2n) is 5.96. The molecular weight excluding hydrogens is 344 g/mol. The van der Waals surface area contributed by atoms with Crippen molar-refractivity contribution in [3.8, 4) is 0 Å². The fraction of sp³-hybridized carbons (Fsp3) is 0.471. The van der Waals surface area contributed by atoms with Crippen LogP contribution in [0.5, 0.6) is 0 Å². The number of aromatic nitrogens is 2. The molecule has 0 radical (unpaired) electrons. The van der Waals surface area contributed by atoms with E-state index in [1.165, 1.54) is 4.68 Å². The SMILES string of the molecule is O=C(CCC(=O)n1ncc2cc(Cl)ccc21)NCCN1CCOCC1. The highest BCUT2D eigenvalue weighted by atomic mass is 35.5. The van der Waals surface area contributed by atoms with E-state index in [4.69, 9.17) is 16.3 Å². The van der Waals surface area contributed by atoms with Crippen LogP contribution in [0, 0.1) is 0 Å². The summed E-state index contributed by atoms with van der Waals surface area (Å²) in [6.07, 6.45) is 1.86. The lowest BCUT2D eigenvalue weighted by Gasteiger charge is -2.26. The number of fused-ring (bicyclic) bond motifs is 1. The van der Waals surface area contributed by atoms with Crippen LogP contribution in [0.4, 0.5) is 0 Å². The third-order valence-electron chi connectivity index (χ3n) is 4.19. The Balaban J connectivity index is 1.44. The van der Waals surface area contributed by atoms with Gasteiger partial charge in [-0.1, -0.05) is 11.6 Å². The molecule has 0 spiro atoms. The van der Waals surface area contributed by atoms with Gasteiger partial charge in [0.25, 0.3) is 0 Å². The lowest BCUT2D eigenvalue weighted by Crippen LogP contribution is -2.41. The monoisotopic (exact) mass is 364 g/mol. The normalized spacial score (nSPS) is 15.4. The van der Waals surface area contributed by atoms with E-state index in [2.05, 4.69) is 15.3 Å².